The van der Waals surface area contributed by atoms with Crippen molar-refractivity contribution >= 4 is 22.2 Å². The normalized spacial score (nSPS) is 18.6. The van der Waals surface area contributed by atoms with Crippen LogP contribution in [0.5, 0.6) is 0 Å². The predicted octanol–water partition coefficient (Wildman–Crippen LogP) is 2.49. The van der Waals surface area contributed by atoms with Gasteiger partial charge >= 0.3 is 0 Å². The fraction of sp³-hybridized carbons (Fsp3) is 0.500. The van der Waals surface area contributed by atoms with Crippen molar-refractivity contribution in [3.8, 4) is 11.4 Å². The summed E-state index contributed by atoms with van der Waals surface area (Å²) in [6.45, 7) is 2.12. The maximum atomic E-state index is 11.5. The Morgan fingerprint density at radius 3 is 2.67 bits per heavy atom. The molecule has 0 amide bonds. The molecule has 1 fully saturated rings. The van der Waals surface area contributed by atoms with Crippen molar-refractivity contribution in [2.75, 3.05) is 19.3 Å². The lowest BCUT2D eigenvalue weighted by Crippen LogP contribution is -2.14. The van der Waals surface area contributed by atoms with Crippen LogP contribution in [-0.4, -0.2) is 37.9 Å². The molecule has 6 nitrogen and oxygen atoms in total. The molecular formula is C16H22ClN3O3S. The highest BCUT2D eigenvalue weighted by atomic mass is 35.5. The minimum atomic E-state index is -3.19. The van der Waals surface area contributed by atoms with E-state index in [0.29, 0.717) is 17.6 Å². The molecule has 1 aliphatic heterocycles. The summed E-state index contributed by atoms with van der Waals surface area (Å²) in [6.07, 6.45) is 5.47. The Morgan fingerprint density at radius 1 is 1.21 bits per heavy atom. The number of halogens is 1. The molecule has 2 heterocycles. The molecule has 1 unspecified atom stereocenters. The topological polar surface area (TPSA) is 85.1 Å². The van der Waals surface area contributed by atoms with Gasteiger partial charge in [-0.3, -0.25) is 0 Å². The maximum absolute atomic E-state index is 11.5. The van der Waals surface area contributed by atoms with E-state index in [-0.39, 0.29) is 17.3 Å². The van der Waals surface area contributed by atoms with E-state index in [4.69, 9.17) is 4.52 Å². The second-order valence-corrected chi connectivity index (χ2v) is 8.08. The predicted molar refractivity (Wildman–Crippen MR) is 94.0 cm³/mol. The van der Waals surface area contributed by atoms with E-state index in [2.05, 4.69) is 15.5 Å². The second-order valence-electron chi connectivity index (χ2n) is 6.06. The first kappa shape index (κ1) is 18.9. The van der Waals surface area contributed by atoms with Crippen LogP contribution in [0, 0.1) is 5.92 Å². The minimum Gasteiger partial charge on any atom is -0.339 e. The van der Waals surface area contributed by atoms with Gasteiger partial charge in [0.05, 0.1) is 4.90 Å². The Hall–Kier alpha value is -1.44. The van der Waals surface area contributed by atoms with Gasteiger partial charge in [-0.05, 0) is 62.5 Å². The van der Waals surface area contributed by atoms with Gasteiger partial charge in [0.1, 0.15) is 0 Å². The number of hydrogen-bond donors (Lipinski definition) is 1. The van der Waals surface area contributed by atoms with E-state index < -0.39 is 9.84 Å². The molecule has 0 saturated carbocycles. The van der Waals surface area contributed by atoms with Gasteiger partial charge in [0.25, 0.3) is 0 Å². The van der Waals surface area contributed by atoms with Crippen molar-refractivity contribution in [3.05, 3.63) is 30.2 Å². The molecule has 0 bridgehead atoms. The molecule has 24 heavy (non-hydrogen) atoms. The average Bonchev–Trinajstić information content (AvgIpc) is 2.83. The van der Waals surface area contributed by atoms with E-state index in [0.717, 1.165) is 31.5 Å². The molecule has 3 rings (SSSR count). The molecule has 0 radical (unpaired) electrons. The molecule has 2 aromatic rings. The highest BCUT2D eigenvalue weighted by Gasteiger charge is 2.17. The summed E-state index contributed by atoms with van der Waals surface area (Å²) in [5.41, 5.74) is 0.759. The van der Waals surface area contributed by atoms with E-state index in [1.54, 1.807) is 24.3 Å². The third-order valence-electron chi connectivity index (χ3n) is 4.17. The largest absolute Gasteiger partial charge is 0.339 e. The smallest absolute Gasteiger partial charge is 0.227 e. The second kappa shape index (κ2) is 8.09. The van der Waals surface area contributed by atoms with Crippen LogP contribution in [0.25, 0.3) is 11.4 Å². The number of benzene rings is 1. The number of aromatic nitrogens is 2. The minimum absolute atomic E-state index is 0. The summed E-state index contributed by atoms with van der Waals surface area (Å²) in [5.74, 6) is 1.73. The van der Waals surface area contributed by atoms with Crippen LogP contribution < -0.4 is 5.32 Å². The van der Waals surface area contributed by atoms with E-state index in [1.165, 1.54) is 19.1 Å². The van der Waals surface area contributed by atoms with Crippen LogP contribution in [0.1, 0.15) is 25.2 Å². The summed E-state index contributed by atoms with van der Waals surface area (Å²) >= 11 is 0. The molecule has 1 saturated heterocycles. The highest BCUT2D eigenvalue weighted by Crippen LogP contribution is 2.22. The van der Waals surface area contributed by atoms with Crippen LogP contribution in [0.4, 0.5) is 0 Å². The molecule has 1 N–H and O–H groups in total. The molecule has 8 heteroatoms. The SMILES string of the molecule is CS(=O)(=O)c1ccc(-c2noc(CC3CCCNCC3)n2)cc1.Cl. The molecular weight excluding hydrogens is 350 g/mol. The maximum Gasteiger partial charge on any atom is 0.227 e. The van der Waals surface area contributed by atoms with Crippen molar-refractivity contribution < 1.29 is 12.9 Å². The number of sulfone groups is 1. The number of nitrogens with zero attached hydrogens (tertiary/aromatic N) is 2. The summed E-state index contributed by atoms with van der Waals surface area (Å²) < 4.78 is 28.3. The van der Waals surface area contributed by atoms with Crippen molar-refractivity contribution in [3.63, 3.8) is 0 Å². The van der Waals surface area contributed by atoms with Crippen molar-refractivity contribution in [2.24, 2.45) is 5.92 Å². The molecule has 0 aliphatic carbocycles. The number of rotatable bonds is 4. The van der Waals surface area contributed by atoms with Gasteiger partial charge in [-0.25, -0.2) is 8.42 Å². The van der Waals surface area contributed by atoms with E-state index in [1.807, 2.05) is 0 Å². The molecule has 1 aromatic carbocycles. The van der Waals surface area contributed by atoms with Crippen LogP contribution in [0.15, 0.2) is 33.7 Å². The van der Waals surface area contributed by atoms with Crippen LogP contribution >= 0.6 is 12.4 Å². The lowest BCUT2D eigenvalue weighted by molar-refractivity contribution is 0.341. The van der Waals surface area contributed by atoms with E-state index in [9.17, 15) is 8.42 Å². The zero-order chi connectivity index (χ0) is 16.3. The van der Waals surface area contributed by atoms with Gasteiger partial charge in [-0.15, -0.1) is 12.4 Å². The monoisotopic (exact) mass is 371 g/mol. The summed E-state index contributed by atoms with van der Waals surface area (Å²) in [7, 11) is -3.19. The van der Waals surface area contributed by atoms with Gasteiger partial charge in [0.15, 0.2) is 9.84 Å². The molecule has 1 aliphatic rings. The van der Waals surface area contributed by atoms with Gasteiger partial charge in [0, 0.05) is 18.2 Å². The van der Waals surface area contributed by atoms with Gasteiger partial charge < -0.3 is 9.84 Å². The molecule has 1 aromatic heterocycles. The fourth-order valence-corrected chi connectivity index (χ4v) is 3.48. The van der Waals surface area contributed by atoms with Crippen molar-refractivity contribution in [2.45, 2.75) is 30.6 Å². The van der Waals surface area contributed by atoms with Gasteiger partial charge in [-0.1, -0.05) is 5.16 Å². The molecule has 132 valence electrons. The molecule has 1 atom stereocenters. The fourth-order valence-electron chi connectivity index (χ4n) is 2.85. The molecule has 0 spiro atoms. The lowest BCUT2D eigenvalue weighted by Gasteiger charge is -2.09. The quantitative estimate of drug-likeness (QED) is 0.888. The van der Waals surface area contributed by atoms with Crippen molar-refractivity contribution in [1.29, 1.82) is 0 Å². The zero-order valence-electron chi connectivity index (χ0n) is 13.6. The Morgan fingerprint density at radius 2 is 1.96 bits per heavy atom. The summed E-state index contributed by atoms with van der Waals surface area (Å²) in [6, 6.07) is 6.55. The average molecular weight is 372 g/mol. The van der Waals surface area contributed by atoms with Crippen LogP contribution in [0.2, 0.25) is 0 Å². The Balaban J connectivity index is 0.00000208. The number of hydrogen-bond acceptors (Lipinski definition) is 6. The zero-order valence-corrected chi connectivity index (χ0v) is 15.2. The van der Waals surface area contributed by atoms with Gasteiger partial charge in [0.2, 0.25) is 11.7 Å². The van der Waals surface area contributed by atoms with Gasteiger partial charge in [-0.2, -0.15) is 4.98 Å². The van der Waals surface area contributed by atoms with Crippen LogP contribution in [0.3, 0.4) is 0 Å². The van der Waals surface area contributed by atoms with Crippen molar-refractivity contribution in [1.82, 2.24) is 15.5 Å². The Bertz CT molecular complexity index is 751. The van der Waals surface area contributed by atoms with Crippen LogP contribution in [-0.2, 0) is 16.3 Å². The summed E-state index contributed by atoms with van der Waals surface area (Å²) in [4.78, 5) is 4.74. The van der Waals surface area contributed by atoms with E-state index >= 15 is 0 Å². The summed E-state index contributed by atoms with van der Waals surface area (Å²) in [5, 5.41) is 7.41. The first-order valence-electron chi connectivity index (χ1n) is 7.86. The Labute approximate surface area is 148 Å². The highest BCUT2D eigenvalue weighted by molar-refractivity contribution is 7.90. The lowest BCUT2D eigenvalue weighted by atomic mass is 9.97. The number of nitrogens with one attached hydrogen (secondary N) is 1. The Kier molecular flexibility index (Phi) is 6.37. The third kappa shape index (κ3) is 4.78. The first-order valence-corrected chi connectivity index (χ1v) is 9.75. The standard InChI is InChI=1S/C16H21N3O3S.ClH/c1-23(20,21)14-6-4-13(5-7-14)16-18-15(22-19-16)11-12-3-2-9-17-10-8-12;/h4-7,12,17H,2-3,8-11H2,1H3;1H. The first-order chi connectivity index (χ1) is 11.0. The third-order valence-corrected chi connectivity index (χ3v) is 5.30.